The van der Waals surface area contributed by atoms with E-state index < -0.39 is 5.97 Å². The van der Waals surface area contributed by atoms with Crippen LogP contribution in [0.3, 0.4) is 0 Å². The number of hydrogen-bond donors (Lipinski definition) is 3. The second kappa shape index (κ2) is 10.4. The Labute approximate surface area is 142 Å². The molecule has 136 valence electrons. The molecule has 2 rings (SSSR count). The van der Waals surface area contributed by atoms with Crippen molar-refractivity contribution < 1.29 is 19.5 Å². The molecule has 0 aromatic carbocycles. The molecule has 24 heavy (non-hydrogen) atoms. The van der Waals surface area contributed by atoms with Crippen LogP contribution in [0.2, 0.25) is 0 Å². The molecular formula is C17H29N3O4. The van der Waals surface area contributed by atoms with E-state index >= 15 is 0 Å². The highest BCUT2D eigenvalue weighted by Crippen LogP contribution is 2.31. The van der Waals surface area contributed by atoms with Gasteiger partial charge in [-0.3, -0.25) is 4.79 Å². The highest BCUT2D eigenvalue weighted by Gasteiger charge is 2.23. The first-order valence-electron chi connectivity index (χ1n) is 9.05. The molecule has 1 fully saturated rings. The van der Waals surface area contributed by atoms with Crippen molar-refractivity contribution in [2.24, 2.45) is 5.92 Å². The van der Waals surface area contributed by atoms with Crippen molar-refractivity contribution >= 4 is 5.97 Å². The molecule has 7 nitrogen and oxygen atoms in total. The zero-order valence-electron chi connectivity index (χ0n) is 14.2. The number of aliphatic hydroxyl groups excluding tert-OH is 1. The molecule has 1 saturated carbocycles. The zero-order chi connectivity index (χ0) is 17.2. The zero-order valence-corrected chi connectivity index (χ0v) is 14.2. The second-order valence-electron chi connectivity index (χ2n) is 6.68. The Morgan fingerprint density at radius 1 is 1.33 bits per heavy atom. The summed E-state index contributed by atoms with van der Waals surface area (Å²) in [6.45, 7) is 0.920. The summed E-state index contributed by atoms with van der Waals surface area (Å²) < 4.78 is 5.27. The first-order chi connectivity index (χ1) is 11.7. The van der Waals surface area contributed by atoms with Gasteiger partial charge in [-0.1, -0.05) is 50.1 Å². The Kier molecular flexibility index (Phi) is 8.18. The Balaban J connectivity index is 1.83. The molecule has 0 spiro atoms. The fraction of sp³-hybridized carbons (Fsp3) is 0.824. The van der Waals surface area contributed by atoms with E-state index in [4.69, 9.17) is 14.7 Å². The van der Waals surface area contributed by atoms with Crippen LogP contribution in [0, 0.1) is 5.92 Å². The van der Waals surface area contributed by atoms with Gasteiger partial charge in [-0.25, -0.2) is 0 Å². The molecule has 1 heterocycles. The number of carbonyl (C=O) groups is 1. The van der Waals surface area contributed by atoms with Gasteiger partial charge in [0.1, 0.15) is 0 Å². The molecule has 0 radical (unpaired) electrons. The van der Waals surface area contributed by atoms with Crippen molar-refractivity contribution in [2.75, 3.05) is 13.2 Å². The van der Waals surface area contributed by atoms with Crippen LogP contribution in [0.4, 0.5) is 0 Å². The summed E-state index contributed by atoms with van der Waals surface area (Å²) in [5.74, 6) is 0.661. The van der Waals surface area contributed by atoms with Crippen molar-refractivity contribution in [1.29, 1.82) is 0 Å². The molecule has 1 aliphatic rings. The van der Waals surface area contributed by atoms with E-state index in [1.54, 1.807) is 0 Å². The molecule has 0 saturated heterocycles. The van der Waals surface area contributed by atoms with E-state index in [0.29, 0.717) is 24.8 Å². The number of carboxylic acid groups (broad SMARTS) is 1. The molecule has 0 aliphatic heterocycles. The van der Waals surface area contributed by atoms with Gasteiger partial charge >= 0.3 is 5.97 Å². The van der Waals surface area contributed by atoms with E-state index in [9.17, 15) is 4.79 Å². The Morgan fingerprint density at radius 2 is 2.12 bits per heavy atom. The van der Waals surface area contributed by atoms with Gasteiger partial charge < -0.3 is 20.1 Å². The molecule has 7 heteroatoms. The number of aliphatic hydroxyl groups is 1. The van der Waals surface area contributed by atoms with Crippen molar-refractivity contribution in [1.82, 2.24) is 15.5 Å². The quantitative estimate of drug-likeness (QED) is 0.531. The van der Waals surface area contributed by atoms with Crippen LogP contribution in [0.1, 0.15) is 75.4 Å². The average molecular weight is 339 g/mol. The van der Waals surface area contributed by atoms with E-state index in [-0.39, 0.29) is 18.9 Å². The number of nitrogens with zero attached hydrogens (tertiary/aromatic N) is 2. The van der Waals surface area contributed by atoms with Gasteiger partial charge in [0.25, 0.3) is 0 Å². The van der Waals surface area contributed by atoms with E-state index in [0.717, 1.165) is 25.2 Å². The molecular weight excluding hydrogens is 310 g/mol. The monoisotopic (exact) mass is 339 g/mol. The van der Waals surface area contributed by atoms with Gasteiger partial charge in [-0.2, -0.15) is 4.98 Å². The Hall–Kier alpha value is -1.47. The predicted molar refractivity (Wildman–Crippen MR) is 88.5 cm³/mol. The summed E-state index contributed by atoms with van der Waals surface area (Å²) in [4.78, 5) is 15.5. The number of carboxylic acids is 1. The third kappa shape index (κ3) is 6.57. The van der Waals surface area contributed by atoms with Gasteiger partial charge in [-0.15, -0.1) is 0 Å². The molecule has 1 aromatic heterocycles. The number of hydrogen-bond acceptors (Lipinski definition) is 6. The van der Waals surface area contributed by atoms with Crippen molar-refractivity contribution in [3.05, 3.63) is 11.7 Å². The second-order valence-corrected chi connectivity index (χ2v) is 6.68. The van der Waals surface area contributed by atoms with Crippen molar-refractivity contribution in [3.8, 4) is 0 Å². The SMILES string of the molecule is O=C(O)CC(CCCC1CCCCC1)c1nc(CNCCO)no1. The predicted octanol–water partition coefficient (Wildman–Crippen LogP) is 2.46. The molecule has 0 bridgehead atoms. The fourth-order valence-corrected chi connectivity index (χ4v) is 3.44. The van der Waals surface area contributed by atoms with Gasteiger partial charge in [0.2, 0.25) is 5.89 Å². The van der Waals surface area contributed by atoms with Gasteiger partial charge in [-0.05, 0) is 12.3 Å². The lowest BCUT2D eigenvalue weighted by Crippen LogP contribution is -2.18. The average Bonchev–Trinajstić information content (AvgIpc) is 3.04. The minimum atomic E-state index is -0.837. The largest absolute Gasteiger partial charge is 0.481 e. The maximum Gasteiger partial charge on any atom is 0.304 e. The maximum absolute atomic E-state index is 11.1. The number of nitrogens with one attached hydrogen (secondary N) is 1. The van der Waals surface area contributed by atoms with E-state index in [2.05, 4.69) is 15.5 Å². The minimum Gasteiger partial charge on any atom is -0.481 e. The standard InChI is InChI=1S/C17H29N3O4/c21-10-9-18-12-15-19-17(24-20-15)14(11-16(22)23)8-4-7-13-5-2-1-3-6-13/h13-14,18,21H,1-12H2,(H,22,23). The molecule has 1 aliphatic carbocycles. The van der Waals surface area contributed by atoms with Crippen molar-refractivity contribution in [2.45, 2.75) is 70.3 Å². The summed E-state index contributed by atoms with van der Waals surface area (Å²) in [6, 6.07) is 0. The highest BCUT2D eigenvalue weighted by atomic mass is 16.5. The third-order valence-electron chi connectivity index (χ3n) is 4.72. The molecule has 0 amide bonds. The lowest BCUT2D eigenvalue weighted by Gasteiger charge is -2.21. The summed E-state index contributed by atoms with van der Waals surface area (Å²) >= 11 is 0. The number of rotatable bonds is 11. The first kappa shape index (κ1) is 18.9. The summed E-state index contributed by atoms with van der Waals surface area (Å²) in [7, 11) is 0. The van der Waals surface area contributed by atoms with Crippen LogP contribution < -0.4 is 5.32 Å². The minimum absolute atomic E-state index is 0.0242. The van der Waals surface area contributed by atoms with Gasteiger partial charge in [0.05, 0.1) is 19.6 Å². The van der Waals surface area contributed by atoms with Crippen LogP contribution in [0.5, 0.6) is 0 Å². The lowest BCUT2D eigenvalue weighted by atomic mass is 9.84. The molecule has 3 N–H and O–H groups in total. The topological polar surface area (TPSA) is 108 Å². The van der Waals surface area contributed by atoms with Crippen LogP contribution in [0.15, 0.2) is 4.52 Å². The Morgan fingerprint density at radius 3 is 2.83 bits per heavy atom. The van der Waals surface area contributed by atoms with Gasteiger partial charge in [0, 0.05) is 12.5 Å². The van der Waals surface area contributed by atoms with Crippen LogP contribution in [0.25, 0.3) is 0 Å². The lowest BCUT2D eigenvalue weighted by molar-refractivity contribution is -0.137. The van der Waals surface area contributed by atoms with E-state index in [1.807, 2.05) is 0 Å². The smallest absolute Gasteiger partial charge is 0.304 e. The molecule has 1 unspecified atom stereocenters. The summed E-state index contributed by atoms with van der Waals surface area (Å²) in [6.07, 6.45) is 9.60. The van der Waals surface area contributed by atoms with Crippen LogP contribution in [-0.4, -0.2) is 39.5 Å². The van der Waals surface area contributed by atoms with Crippen LogP contribution in [-0.2, 0) is 11.3 Å². The maximum atomic E-state index is 11.1. The molecule has 1 aromatic rings. The van der Waals surface area contributed by atoms with E-state index in [1.165, 1.54) is 32.1 Å². The summed E-state index contributed by atoms with van der Waals surface area (Å²) in [5, 5.41) is 24.8. The number of aliphatic carboxylic acids is 1. The van der Waals surface area contributed by atoms with Gasteiger partial charge in [0.15, 0.2) is 5.82 Å². The fourth-order valence-electron chi connectivity index (χ4n) is 3.44. The number of aromatic nitrogens is 2. The normalized spacial score (nSPS) is 17.0. The third-order valence-corrected chi connectivity index (χ3v) is 4.72. The first-order valence-corrected chi connectivity index (χ1v) is 9.05. The van der Waals surface area contributed by atoms with Crippen molar-refractivity contribution in [3.63, 3.8) is 0 Å². The summed E-state index contributed by atoms with van der Waals surface area (Å²) in [5.41, 5.74) is 0. The molecule has 1 atom stereocenters. The Bertz CT molecular complexity index is 486. The van der Waals surface area contributed by atoms with Crippen LogP contribution >= 0.6 is 0 Å². The highest BCUT2D eigenvalue weighted by molar-refractivity contribution is 5.67.